The van der Waals surface area contributed by atoms with E-state index in [1.165, 1.54) is 0 Å². The molecule has 18 heavy (non-hydrogen) atoms. The molecule has 2 rings (SSSR count). The monoisotopic (exact) mass is 260 g/mol. The Kier molecular flexibility index (Phi) is 3.85. The Hall–Kier alpha value is -2.00. The third-order valence-electron chi connectivity index (χ3n) is 2.56. The fraction of sp³-hybridized carbons (Fsp3) is 0.0714. The van der Waals surface area contributed by atoms with Crippen LogP contribution in [0, 0.1) is 0 Å². The van der Waals surface area contributed by atoms with E-state index in [0.29, 0.717) is 17.1 Å². The molecule has 0 bridgehead atoms. The number of nitrogens with two attached hydrogens (primary N) is 1. The Morgan fingerprint density at radius 3 is 2.67 bits per heavy atom. The normalized spacial score (nSPS) is 10.1. The molecule has 0 atom stereocenters. The summed E-state index contributed by atoms with van der Waals surface area (Å²) in [5.74, 6) is -0.441. The Labute approximate surface area is 111 Å². The fourth-order valence-corrected chi connectivity index (χ4v) is 1.91. The fourth-order valence-electron chi connectivity index (χ4n) is 1.70. The summed E-state index contributed by atoms with van der Waals surface area (Å²) < 4.78 is 0. The minimum Gasteiger partial charge on any atom is -0.380 e. The number of nitrogens with one attached hydrogen (secondary N) is 1. The highest BCUT2D eigenvalue weighted by Gasteiger charge is 2.06. The van der Waals surface area contributed by atoms with Gasteiger partial charge in [-0.25, -0.2) is 0 Å². The van der Waals surface area contributed by atoms with E-state index in [4.69, 9.17) is 17.3 Å². The number of benzene rings is 2. The van der Waals surface area contributed by atoms with Crippen LogP contribution < -0.4 is 11.1 Å². The van der Waals surface area contributed by atoms with Crippen LogP contribution in [0.4, 0.5) is 5.69 Å². The number of amides is 1. The molecular formula is C14H13ClN2O. The minimum absolute atomic E-state index is 0.441. The SMILES string of the molecule is NC(=O)c1ccccc1NCc1cccc(Cl)c1. The summed E-state index contributed by atoms with van der Waals surface area (Å²) in [4.78, 5) is 11.2. The summed E-state index contributed by atoms with van der Waals surface area (Å²) in [7, 11) is 0. The molecule has 3 N–H and O–H groups in total. The van der Waals surface area contributed by atoms with Crippen LogP contribution in [0.25, 0.3) is 0 Å². The molecule has 92 valence electrons. The van der Waals surface area contributed by atoms with Gasteiger partial charge in [0.15, 0.2) is 0 Å². The van der Waals surface area contributed by atoms with Gasteiger partial charge in [0.2, 0.25) is 0 Å². The summed E-state index contributed by atoms with van der Waals surface area (Å²) in [5.41, 5.74) is 7.56. The second-order valence-electron chi connectivity index (χ2n) is 3.89. The van der Waals surface area contributed by atoms with Crippen molar-refractivity contribution in [3.05, 3.63) is 64.7 Å². The van der Waals surface area contributed by atoms with Gasteiger partial charge in [-0.05, 0) is 29.8 Å². The van der Waals surface area contributed by atoms with Crippen LogP contribution in [0.3, 0.4) is 0 Å². The number of para-hydroxylation sites is 1. The molecule has 0 aliphatic rings. The van der Waals surface area contributed by atoms with Crippen molar-refractivity contribution in [3.63, 3.8) is 0 Å². The molecule has 0 saturated heterocycles. The third kappa shape index (κ3) is 3.02. The van der Waals surface area contributed by atoms with Gasteiger partial charge < -0.3 is 11.1 Å². The van der Waals surface area contributed by atoms with Crippen LogP contribution in [0.15, 0.2) is 48.5 Å². The molecule has 0 unspecified atom stereocenters. The Morgan fingerprint density at radius 1 is 1.17 bits per heavy atom. The molecule has 0 heterocycles. The predicted octanol–water partition coefficient (Wildman–Crippen LogP) is 3.05. The quantitative estimate of drug-likeness (QED) is 0.888. The number of primary amides is 1. The number of anilines is 1. The van der Waals surface area contributed by atoms with Gasteiger partial charge in [-0.2, -0.15) is 0 Å². The van der Waals surface area contributed by atoms with E-state index < -0.39 is 5.91 Å². The van der Waals surface area contributed by atoms with Crippen molar-refractivity contribution in [3.8, 4) is 0 Å². The molecule has 0 spiro atoms. The lowest BCUT2D eigenvalue weighted by Gasteiger charge is -2.10. The largest absolute Gasteiger partial charge is 0.380 e. The summed E-state index contributed by atoms with van der Waals surface area (Å²) in [6, 6.07) is 14.7. The molecule has 0 aromatic heterocycles. The Bertz CT molecular complexity index is 569. The van der Waals surface area contributed by atoms with E-state index in [0.717, 1.165) is 11.3 Å². The summed E-state index contributed by atoms with van der Waals surface area (Å²) in [6.07, 6.45) is 0. The zero-order chi connectivity index (χ0) is 13.0. The lowest BCUT2D eigenvalue weighted by Crippen LogP contribution is -2.14. The maximum Gasteiger partial charge on any atom is 0.250 e. The van der Waals surface area contributed by atoms with Gasteiger partial charge in [0.05, 0.1) is 5.56 Å². The summed E-state index contributed by atoms with van der Waals surface area (Å²) in [5, 5.41) is 3.87. The molecule has 3 nitrogen and oxygen atoms in total. The van der Waals surface area contributed by atoms with E-state index in [1.54, 1.807) is 12.1 Å². The van der Waals surface area contributed by atoms with Gasteiger partial charge in [-0.15, -0.1) is 0 Å². The molecule has 2 aromatic rings. The minimum atomic E-state index is -0.441. The molecule has 1 amide bonds. The van der Waals surface area contributed by atoms with Gasteiger partial charge in [0.1, 0.15) is 0 Å². The Morgan fingerprint density at radius 2 is 1.94 bits per heavy atom. The molecule has 0 saturated carbocycles. The molecule has 0 aliphatic heterocycles. The average molecular weight is 261 g/mol. The zero-order valence-corrected chi connectivity index (χ0v) is 10.4. The lowest BCUT2D eigenvalue weighted by molar-refractivity contribution is 0.100. The number of rotatable bonds is 4. The zero-order valence-electron chi connectivity index (χ0n) is 9.69. The van der Waals surface area contributed by atoms with E-state index in [1.807, 2.05) is 36.4 Å². The van der Waals surface area contributed by atoms with Gasteiger partial charge in [0.25, 0.3) is 5.91 Å². The summed E-state index contributed by atoms with van der Waals surface area (Å²) >= 11 is 5.91. The van der Waals surface area contributed by atoms with Gasteiger partial charge >= 0.3 is 0 Å². The summed E-state index contributed by atoms with van der Waals surface area (Å²) in [6.45, 7) is 0.588. The maximum atomic E-state index is 11.2. The van der Waals surface area contributed by atoms with Crippen LogP contribution >= 0.6 is 11.6 Å². The topological polar surface area (TPSA) is 55.1 Å². The van der Waals surface area contributed by atoms with Crippen LogP contribution in [0.5, 0.6) is 0 Å². The molecule has 0 aliphatic carbocycles. The number of hydrogen-bond acceptors (Lipinski definition) is 2. The van der Waals surface area contributed by atoms with Crippen molar-refractivity contribution >= 4 is 23.2 Å². The smallest absolute Gasteiger partial charge is 0.250 e. The van der Waals surface area contributed by atoms with E-state index in [-0.39, 0.29) is 0 Å². The molecule has 0 radical (unpaired) electrons. The first kappa shape index (κ1) is 12.5. The van der Waals surface area contributed by atoms with Crippen molar-refractivity contribution < 1.29 is 4.79 Å². The first-order valence-electron chi connectivity index (χ1n) is 5.54. The maximum absolute atomic E-state index is 11.2. The van der Waals surface area contributed by atoms with Crippen molar-refractivity contribution in [2.75, 3.05) is 5.32 Å². The highest BCUT2D eigenvalue weighted by Crippen LogP contribution is 2.17. The second-order valence-corrected chi connectivity index (χ2v) is 4.33. The van der Waals surface area contributed by atoms with Crippen LogP contribution in [0.2, 0.25) is 5.02 Å². The van der Waals surface area contributed by atoms with Crippen LogP contribution in [-0.2, 0) is 6.54 Å². The van der Waals surface area contributed by atoms with E-state index in [2.05, 4.69) is 5.32 Å². The van der Waals surface area contributed by atoms with Crippen molar-refractivity contribution in [2.45, 2.75) is 6.54 Å². The highest BCUT2D eigenvalue weighted by atomic mass is 35.5. The molecule has 0 fully saturated rings. The molecular weight excluding hydrogens is 248 g/mol. The Balaban J connectivity index is 2.13. The van der Waals surface area contributed by atoms with Gasteiger partial charge in [-0.3, -0.25) is 4.79 Å². The number of carbonyl (C=O) groups is 1. The highest BCUT2D eigenvalue weighted by molar-refractivity contribution is 6.30. The lowest BCUT2D eigenvalue weighted by atomic mass is 10.1. The number of halogens is 1. The number of carbonyl (C=O) groups excluding carboxylic acids is 1. The second kappa shape index (κ2) is 5.56. The van der Waals surface area contributed by atoms with Gasteiger partial charge in [-0.1, -0.05) is 35.9 Å². The van der Waals surface area contributed by atoms with Crippen LogP contribution in [-0.4, -0.2) is 5.91 Å². The standard InChI is InChI=1S/C14H13ClN2O/c15-11-5-3-4-10(8-11)9-17-13-7-2-1-6-12(13)14(16)18/h1-8,17H,9H2,(H2,16,18). The van der Waals surface area contributed by atoms with Gasteiger partial charge in [0, 0.05) is 17.3 Å². The van der Waals surface area contributed by atoms with Crippen molar-refractivity contribution in [2.24, 2.45) is 5.73 Å². The first-order chi connectivity index (χ1) is 8.66. The predicted molar refractivity (Wildman–Crippen MR) is 73.7 cm³/mol. The third-order valence-corrected chi connectivity index (χ3v) is 2.80. The first-order valence-corrected chi connectivity index (χ1v) is 5.92. The van der Waals surface area contributed by atoms with Crippen molar-refractivity contribution in [1.29, 1.82) is 0 Å². The molecule has 2 aromatic carbocycles. The van der Waals surface area contributed by atoms with E-state index >= 15 is 0 Å². The number of hydrogen-bond donors (Lipinski definition) is 2. The van der Waals surface area contributed by atoms with Crippen LogP contribution in [0.1, 0.15) is 15.9 Å². The average Bonchev–Trinajstić information content (AvgIpc) is 2.37. The molecule has 4 heteroatoms. The van der Waals surface area contributed by atoms with E-state index in [9.17, 15) is 4.79 Å². The van der Waals surface area contributed by atoms with Crippen molar-refractivity contribution in [1.82, 2.24) is 0 Å².